The maximum atomic E-state index is 14.1. The molecule has 30 heavy (non-hydrogen) atoms. The Morgan fingerprint density at radius 1 is 1.17 bits per heavy atom. The molecule has 0 aliphatic carbocycles. The van der Waals surface area contributed by atoms with Gasteiger partial charge in [0.15, 0.2) is 5.69 Å². The number of rotatable bonds is 7. The maximum absolute atomic E-state index is 14.1. The first-order valence-electron chi connectivity index (χ1n) is 7.79. The van der Waals surface area contributed by atoms with Gasteiger partial charge in [0.25, 0.3) is 11.4 Å². The number of aliphatic carboxylic acids is 1. The largest absolute Gasteiger partial charge is 0.481 e. The fraction of sp³-hybridized carbons (Fsp3) is 0.188. The lowest BCUT2D eigenvalue weighted by molar-refractivity contribution is -0.392. The maximum Gasteiger partial charge on any atom is 0.416 e. The second-order valence-corrected chi connectivity index (χ2v) is 6.22. The van der Waals surface area contributed by atoms with Crippen LogP contribution in [0.15, 0.2) is 30.3 Å². The first kappa shape index (κ1) is 22.8. The van der Waals surface area contributed by atoms with Crippen LogP contribution in [0, 0.1) is 26.0 Å². The van der Waals surface area contributed by atoms with Crippen molar-refractivity contribution in [2.75, 3.05) is 11.9 Å². The Morgan fingerprint density at radius 2 is 1.70 bits per heavy atom. The van der Waals surface area contributed by atoms with Crippen molar-refractivity contribution in [2.45, 2.75) is 12.1 Å². The van der Waals surface area contributed by atoms with E-state index in [1.807, 2.05) is 0 Å². The van der Waals surface area contributed by atoms with Crippen molar-refractivity contribution in [1.29, 1.82) is 0 Å². The number of benzene rings is 2. The van der Waals surface area contributed by atoms with Crippen LogP contribution in [0.3, 0.4) is 0 Å². The number of nitro groups is 2. The van der Waals surface area contributed by atoms with Gasteiger partial charge in [-0.25, -0.2) is 4.39 Å². The fourth-order valence-corrected chi connectivity index (χ4v) is 2.90. The molecule has 0 radical (unpaired) electrons. The number of nitrogens with one attached hydrogen (secondary N) is 1. The molecule has 2 rings (SSSR count). The minimum atomic E-state index is -5.11. The SMILES string of the molecule is O=C(O)C(CNc1c([N+](=O)[O-])cc(C(F)(F)F)cc1[N+](=O)[O-])c1c(F)cccc1Cl. The molecule has 2 aromatic rings. The Hall–Kier alpha value is -3.48. The van der Waals surface area contributed by atoms with Gasteiger partial charge in [-0.3, -0.25) is 25.0 Å². The lowest BCUT2D eigenvalue weighted by Gasteiger charge is -2.17. The van der Waals surface area contributed by atoms with Gasteiger partial charge in [-0.1, -0.05) is 17.7 Å². The summed E-state index contributed by atoms with van der Waals surface area (Å²) in [5.74, 6) is -4.42. The van der Waals surface area contributed by atoms with Gasteiger partial charge in [-0.2, -0.15) is 13.2 Å². The van der Waals surface area contributed by atoms with Gasteiger partial charge in [0, 0.05) is 29.3 Å². The van der Waals surface area contributed by atoms with Crippen LogP contribution >= 0.6 is 11.6 Å². The molecule has 0 aliphatic heterocycles. The van der Waals surface area contributed by atoms with Crippen LogP contribution in [-0.2, 0) is 11.0 Å². The second-order valence-electron chi connectivity index (χ2n) is 5.81. The molecule has 0 saturated heterocycles. The first-order chi connectivity index (χ1) is 13.8. The lowest BCUT2D eigenvalue weighted by atomic mass is 9.98. The molecular formula is C16H10ClF4N3O6. The van der Waals surface area contributed by atoms with Crippen molar-refractivity contribution in [1.82, 2.24) is 0 Å². The summed E-state index contributed by atoms with van der Waals surface area (Å²) in [5.41, 5.74) is -5.72. The Bertz CT molecular complexity index is 975. The zero-order valence-electron chi connectivity index (χ0n) is 14.4. The third kappa shape index (κ3) is 4.74. The number of nitro benzene ring substituents is 2. The summed E-state index contributed by atoms with van der Waals surface area (Å²) < 4.78 is 52.9. The molecule has 0 aromatic heterocycles. The molecule has 0 fully saturated rings. The smallest absolute Gasteiger partial charge is 0.416 e. The van der Waals surface area contributed by atoms with Crippen molar-refractivity contribution in [2.24, 2.45) is 0 Å². The molecule has 2 N–H and O–H groups in total. The summed E-state index contributed by atoms with van der Waals surface area (Å²) in [6.07, 6.45) is -5.11. The highest BCUT2D eigenvalue weighted by atomic mass is 35.5. The van der Waals surface area contributed by atoms with E-state index in [9.17, 15) is 47.7 Å². The van der Waals surface area contributed by atoms with Crippen LogP contribution in [0.1, 0.15) is 17.0 Å². The number of hydrogen-bond donors (Lipinski definition) is 2. The first-order valence-corrected chi connectivity index (χ1v) is 8.17. The number of alkyl halides is 3. The van der Waals surface area contributed by atoms with E-state index in [0.717, 1.165) is 6.07 Å². The predicted molar refractivity (Wildman–Crippen MR) is 95.0 cm³/mol. The highest BCUT2D eigenvalue weighted by molar-refractivity contribution is 6.31. The van der Waals surface area contributed by atoms with Gasteiger partial charge in [-0.15, -0.1) is 0 Å². The van der Waals surface area contributed by atoms with Crippen LogP contribution in [0.25, 0.3) is 0 Å². The Labute approximate surface area is 169 Å². The van der Waals surface area contributed by atoms with Gasteiger partial charge in [0.1, 0.15) is 11.7 Å². The van der Waals surface area contributed by atoms with Crippen LogP contribution in [0.5, 0.6) is 0 Å². The normalized spacial score (nSPS) is 12.3. The molecule has 1 unspecified atom stereocenters. The van der Waals surface area contributed by atoms with Gasteiger partial charge in [-0.05, 0) is 12.1 Å². The standard InChI is InChI=1S/C16H10ClF4N3O6/c17-9-2-1-3-10(18)13(9)8(15(25)26)6-22-14-11(23(27)28)4-7(16(19,20)21)5-12(14)24(29)30/h1-5,8,22H,6H2,(H,25,26). The molecule has 9 nitrogen and oxygen atoms in total. The van der Waals surface area contributed by atoms with E-state index in [1.54, 1.807) is 0 Å². The molecule has 0 aliphatic rings. The number of halogens is 5. The van der Waals surface area contributed by atoms with Gasteiger partial charge < -0.3 is 10.4 Å². The zero-order chi connectivity index (χ0) is 22.8. The molecule has 160 valence electrons. The number of anilines is 1. The average molecular weight is 452 g/mol. The average Bonchev–Trinajstić information content (AvgIpc) is 2.62. The molecular weight excluding hydrogens is 442 g/mol. The number of carbonyl (C=O) groups is 1. The van der Waals surface area contributed by atoms with E-state index in [2.05, 4.69) is 5.32 Å². The number of nitrogens with zero attached hydrogens (tertiary/aromatic N) is 2. The summed E-state index contributed by atoms with van der Waals surface area (Å²) in [5, 5.41) is 33.6. The Morgan fingerprint density at radius 3 is 2.10 bits per heavy atom. The van der Waals surface area contributed by atoms with E-state index in [4.69, 9.17) is 11.6 Å². The third-order valence-corrected chi connectivity index (χ3v) is 4.28. The third-order valence-electron chi connectivity index (χ3n) is 3.95. The molecule has 1 atom stereocenters. The van der Waals surface area contributed by atoms with Crippen molar-refractivity contribution in [3.05, 3.63) is 72.5 Å². The quantitative estimate of drug-likeness (QED) is 0.357. The number of hydrogen-bond acceptors (Lipinski definition) is 6. The molecule has 0 spiro atoms. The van der Waals surface area contributed by atoms with Crippen molar-refractivity contribution >= 4 is 34.6 Å². The van der Waals surface area contributed by atoms with Crippen molar-refractivity contribution in [3.8, 4) is 0 Å². The minimum Gasteiger partial charge on any atom is -0.481 e. The topological polar surface area (TPSA) is 136 Å². The fourth-order valence-electron chi connectivity index (χ4n) is 2.61. The van der Waals surface area contributed by atoms with Crippen LogP contribution < -0.4 is 5.32 Å². The molecule has 0 heterocycles. The van der Waals surface area contributed by atoms with E-state index < -0.39 is 68.5 Å². The molecule has 14 heteroatoms. The van der Waals surface area contributed by atoms with Crippen LogP contribution in [-0.4, -0.2) is 27.5 Å². The molecule has 2 aromatic carbocycles. The summed E-state index contributed by atoms with van der Waals surface area (Å²) >= 11 is 5.81. The van der Waals surface area contributed by atoms with Crippen molar-refractivity contribution < 1.29 is 37.3 Å². The predicted octanol–water partition coefficient (Wildman–Crippen LogP) is 4.59. The zero-order valence-corrected chi connectivity index (χ0v) is 15.2. The Kier molecular flexibility index (Phi) is 6.45. The number of carboxylic acid groups (broad SMARTS) is 1. The van der Waals surface area contributed by atoms with E-state index in [1.165, 1.54) is 12.1 Å². The lowest BCUT2D eigenvalue weighted by Crippen LogP contribution is -2.23. The summed E-state index contributed by atoms with van der Waals surface area (Å²) in [6.45, 7) is -0.844. The van der Waals surface area contributed by atoms with E-state index in [0.29, 0.717) is 0 Å². The highest BCUT2D eigenvalue weighted by Gasteiger charge is 2.38. The summed E-state index contributed by atoms with van der Waals surface area (Å²) in [7, 11) is 0. The molecule has 0 bridgehead atoms. The Balaban J connectivity index is 2.56. The van der Waals surface area contributed by atoms with Gasteiger partial charge in [0.05, 0.1) is 15.4 Å². The summed E-state index contributed by atoms with van der Waals surface area (Å²) in [6, 6.07) is 3.42. The number of carboxylic acids is 1. The van der Waals surface area contributed by atoms with E-state index in [-0.39, 0.29) is 17.2 Å². The van der Waals surface area contributed by atoms with E-state index >= 15 is 0 Å². The molecule has 0 saturated carbocycles. The van der Waals surface area contributed by atoms with Crippen LogP contribution in [0.2, 0.25) is 5.02 Å². The summed E-state index contributed by atoms with van der Waals surface area (Å²) in [4.78, 5) is 31.4. The second kappa shape index (κ2) is 8.49. The minimum absolute atomic E-state index is 0.0706. The molecule has 0 amide bonds. The van der Waals surface area contributed by atoms with Gasteiger partial charge in [0.2, 0.25) is 0 Å². The highest BCUT2D eigenvalue weighted by Crippen LogP contribution is 2.41. The van der Waals surface area contributed by atoms with Crippen molar-refractivity contribution in [3.63, 3.8) is 0 Å². The van der Waals surface area contributed by atoms with Gasteiger partial charge >= 0.3 is 12.1 Å². The monoisotopic (exact) mass is 451 g/mol. The van der Waals surface area contributed by atoms with Crippen LogP contribution in [0.4, 0.5) is 34.6 Å².